The van der Waals surface area contributed by atoms with E-state index in [1.54, 1.807) is 23.4 Å². The number of halogens is 3. The summed E-state index contributed by atoms with van der Waals surface area (Å²) in [7, 11) is 0. The first-order valence-electron chi connectivity index (χ1n) is 11.7. The molecule has 0 aromatic carbocycles. The number of carbonyl (C=O) groups is 1. The van der Waals surface area contributed by atoms with E-state index < -0.39 is 29.5 Å². The Morgan fingerprint density at radius 2 is 2.03 bits per heavy atom. The minimum atomic E-state index is -4.72. The van der Waals surface area contributed by atoms with E-state index in [0.717, 1.165) is 16.6 Å². The Labute approximate surface area is 222 Å². The van der Waals surface area contributed by atoms with Gasteiger partial charge in [-0.2, -0.15) is 13.2 Å². The summed E-state index contributed by atoms with van der Waals surface area (Å²) in [4.78, 5) is 25.7. The monoisotopic (exact) mass is 564 g/mol. The van der Waals surface area contributed by atoms with Crippen molar-refractivity contribution >= 4 is 50.4 Å². The molecular formula is C24H23F3N6O3S2. The number of piperidine rings is 1. The highest BCUT2D eigenvalue weighted by molar-refractivity contribution is 7.21. The van der Waals surface area contributed by atoms with Crippen LogP contribution in [0.5, 0.6) is 0 Å². The number of rotatable bonds is 7. The molecule has 4 aromatic rings. The number of fused-ring (bicyclic) bond motifs is 1. The van der Waals surface area contributed by atoms with Gasteiger partial charge in [0.05, 0.1) is 16.9 Å². The Bertz CT molecular complexity index is 1440. The molecule has 1 unspecified atom stereocenters. The first-order chi connectivity index (χ1) is 18.1. The molecule has 200 valence electrons. The molecule has 5 rings (SSSR count). The molecule has 0 aliphatic carbocycles. The molecular weight excluding hydrogens is 541 g/mol. The summed E-state index contributed by atoms with van der Waals surface area (Å²) < 4.78 is 41.5. The van der Waals surface area contributed by atoms with Crippen molar-refractivity contribution in [2.24, 2.45) is 0 Å². The number of pyridine rings is 2. The molecule has 4 aromatic heterocycles. The Hall–Kier alpha value is -3.33. The molecule has 0 spiro atoms. The summed E-state index contributed by atoms with van der Waals surface area (Å²) in [6, 6.07) is 4.62. The van der Waals surface area contributed by atoms with Crippen molar-refractivity contribution in [2.45, 2.75) is 31.2 Å². The zero-order valence-corrected chi connectivity index (χ0v) is 21.4. The maximum Gasteiger partial charge on any atom is 0.417 e. The molecule has 1 aliphatic heterocycles. The van der Waals surface area contributed by atoms with E-state index in [1.807, 2.05) is 11.4 Å². The Morgan fingerprint density at radius 3 is 2.63 bits per heavy atom. The van der Waals surface area contributed by atoms with Crippen molar-refractivity contribution in [1.82, 2.24) is 20.3 Å². The molecule has 1 saturated heterocycles. The second kappa shape index (κ2) is 10.4. The van der Waals surface area contributed by atoms with Crippen LogP contribution in [-0.4, -0.2) is 56.8 Å². The Kier molecular flexibility index (Phi) is 7.22. The molecule has 0 saturated carbocycles. The van der Waals surface area contributed by atoms with E-state index in [4.69, 9.17) is 5.73 Å². The number of carboxylic acid groups (broad SMARTS) is 1. The average molecular weight is 565 g/mol. The van der Waals surface area contributed by atoms with Crippen molar-refractivity contribution in [2.75, 3.05) is 30.3 Å². The van der Waals surface area contributed by atoms with Crippen molar-refractivity contribution < 1.29 is 28.2 Å². The van der Waals surface area contributed by atoms with Gasteiger partial charge >= 0.3 is 12.1 Å². The van der Waals surface area contributed by atoms with Crippen molar-refractivity contribution in [1.29, 1.82) is 0 Å². The number of aliphatic hydroxyl groups excluding tert-OH is 1. The van der Waals surface area contributed by atoms with E-state index in [1.165, 1.54) is 11.3 Å². The molecule has 0 bridgehead atoms. The minimum Gasteiger partial charge on any atom is -0.477 e. The fraction of sp³-hybridized carbons (Fsp3) is 0.333. The van der Waals surface area contributed by atoms with Gasteiger partial charge < -0.3 is 26.2 Å². The maximum absolute atomic E-state index is 13.8. The Morgan fingerprint density at radius 1 is 1.26 bits per heavy atom. The molecule has 1 aliphatic rings. The number of aromatic nitrogens is 3. The zero-order chi connectivity index (χ0) is 27.0. The van der Waals surface area contributed by atoms with Crippen LogP contribution in [0, 0.1) is 0 Å². The van der Waals surface area contributed by atoms with Crippen molar-refractivity contribution in [3.05, 3.63) is 52.1 Å². The van der Waals surface area contributed by atoms with Gasteiger partial charge in [0.15, 0.2) is 0 Å². The SMILES string of the molecule is Nc1c(C(=O)O)sc2nc(N3CCC(NCC(O)c4ccc(-c5nccs5)cn4)CC3)cc(C(F)(F)F)c12. The first-order valence-corrected chi connectivity index (χ1v) is 13.4. The molecule has 0 radical (unpaired) electrons. The number of thiazole rings is 1. The normalized spacial score (nSPS) is 15.7. The molecule has 9 nitrogen and oxygen atoms in total. The number of nitrogens with two attached hydrogens (primary N) is 1. The van der Waals surface area contributed by atoms with Crippen LogP contribution in [0.3, 0.4) is 0 Å². The van der Waals surface area contributed by atoms with Crippen LogP contribution in [0.15, 0.2) is 36.0 Å². The quantitative estimate of drug-likeness (QED) is 0.257. The van der Waals surface area contributed by atoms with Gasteiger partial charge in [-0.15, -0.1) is 22.7 Å². The van der Waals surface area contributed by atoms with Crippen LogP contribution in [0.2, 0.25) is 0 Å². The van der Waals surface area contributed by atoms with Gasteiger partial charge in [-0.05, 0) is 31.0 Å². The summed E-state index contributed by atoms with van der Waals surface area (Å²) in [6.07, 6.45) is -0.896. The lowest BCUT2D eigenvalue weighted by molar-refractivity contribution is -0.136. The van der Waals surface area contributed by atoms with E-state index in [-0.39, 0.29) is 33.5 Å². The second-order valence-electron chi connectivity index (χ2n) is 8.85. The molecule has 5 N–H and O–H groups in total. The predicted octanol–water partition coefficient (Wildman–Crippen LogP) is 4.41. The number of carboxylic acids is 1. The van der Waals surface area contributed by atoms with Gasteiger partial charge in [0.25, 0.3) is 0 Å². The third-order valence-electron chi connectivity index (χ3n) is 6.41. The standard InChI is InChI=1S/C24H23F3N6O3S2/c25-24(26,27)14-9-17(32-22-18(14)19(28)20(38-22)23(35)36)33-6-3-13(4-7-33)30-11-16(34)15-2-1-12(10-31-15)21-29-5-8-37-21/h1-2,5,8-10,13,16,30,34H,3-4,6-7,11,28H2,(H,35,36). The summed E-state index contributed by atoms with van der Waals surface area (Å²) in [5.41, 5.74) is 5.75. The number of hydrogen-bond acceptors (Lipinski definition) is 10. The lowest BCUT2D eigenvalue weighted by Crippen LogP contribution is -2.44. The van der Waals surface area contributed by atoms with Gasteiger partial charge in [-0.3, -0.25) is 4.98 Å². The number of aliphatic hydroxyl groups is 1. The van der Waals surface area contributed by atoms with Crippen LogP contribution in [0.4, 0.5) is 24.7 Å². The second-order valence-corrected chi connectivity index (χ2v) is 10.7. The van der Waals surface area contributed by atoms with Crippen LogP contribution in [-0.2, 0) is 6.18 Å². The molecule has 1 fully saturated rings. The van der Waals surface area contributed by atoms with Gasteiger partial charge in [0, 0.05) is 54.4 Å². The molecule has 5 heterocycles. The first kappa shape index (κ1) is 26.3. The highest BCUT2D eigenvalue weighted by Gasteiger charge is 2.37. The summed E-state index contributed by atoms with van der Waals surface area (Å²) in [6.45, 7) is 1.16. The third kappa shape index (κ3) is 5.29. The van der Waals surface area contributed by atoms with Crippen molar-refractivity contribution in [3.63, 3.8) is 0 Å². The van der Waals surface area contributed by atoms with Crippen LogP contribution >= 0.6 is 22.7 Å². The maximum atomic E-state index is 13.8. The topological polar surface area (TPSA) is 137 Å². The number of nitrogen functional groups attached to an aromatic ring is 1. The average Bonchev–Trinajstić information content (AvgIpc) is 3.55. The number of hydrogen-bond donors (Lipinski definition) is 4. The lowest BCUT2D eigenvalue weighted by Gasteiger charge is -2.34. The largest absolute Gasteiger partial charge is 0.477 e. The fourth-order valence-corrected chi connectivity index (χ4v) is 6.03. The predicted molar refractivity (Wildman–Crippen MR) is 140 cm³/mol. The van der Waals surface area contributed by atoms with Gasteiger partial charge in [-0.25, -0.2) is 14.8 Å². The van der Waals surface area contributed by atoms with E-state index >= 15 is 0 Å². The third-order valence-corrected chi connectivity index (χ3v) is 8.32. The molecule has 38 heavy (non-hydrogen) atoms. The van der Waals surface area contributed by atoms with Gasteiger partial charge in [0.2, 0.25) is 0 Å². The number of thiophene rings is 1. The summed E-state index contributed by atoms with van der Waals surface area (Å²) in [5, 5.41) is 25.5. The fourth-order valence-electron chi connectivity index (χ4n) is 4.44. The Balaban J connectivity index is 1.23. The number of aromatic carboxylic acids is 1. The molecule has 14 heteroatoms. The van der Waals surface area contributed by atoms with E-state index in [0.29, 0.717) is 43.0 Å². The number of alkyl halides is 3. The minimum absolute atomic E-state index is 0.0531. The molecule has 1 atom stereocenters. The highest BCUT2D eigenvalue weighted by atomic mass is 32.1. The number of anilines is 2. The van der Waals surface area contributed by atoms with Crippen LogP contribution < -0.4 is 16.0 Å². The van der Waals surface area contributed by atoms with Crippen molar-refractivity contribution in [3.8, 4) is 10.6 Å². The van der Waals surface area contributed by atoms with Gasteiger partial charge in [0.1, 0.15) is 26.6 Å². The van der Waals surface area contributed by atoms with Gasteiger partial charge in [-0.1, -0.05) is 0 Å². The lowest BCUT2D eigenvalue weighted by atomic mass is 10.0. The van der Waals surface area contributed by atoms with E-state index in [9.17, 15) is 28.2 Å². The van der Waals surface area contributed by atoms with Crippen LogP contribution in [0.25, 0.3) is 20.8 Å². The summed E-state index contributed by atoms with van der Waals surface area (Å²) >= 11 is 2.14. The highest BCUT2D eigenvalue weighted by Crippen LogP contribution is 2.43. The smallest absolute Gasteiger partial charge is 0.417 e. The summed E-state index contributed by atoms with van der Waals surface area (Å²) in [5.74, 6) is -1.26. The zero-order valence-electron chi connectivity index (χ0n) is 19.8. The number of nitrogens with zero attached hydrogens (tertiary/aromatic N) is 4. The molecule has 0 amide bonds. The number of nitrogens with one attached hydrogen (secondary N) is 1. The van der Waals surface area contributed by atoms with E-state index in [2.05, 4.69) is 20.3 Å². The van der Waals surface area contributed by atoms with Crippen LogP contribution in [0.1, 0.15) is 39.9 Å².